The van der Waals surface area contributed by atoms with Crippen molar-refractivity contribution < 1.29 is 0 Å². The Labute approximate surface area is 108 Å². The normalized spacial score (nSPS) is 29.8. The molecule has 0 aromatic carbocycles. The number of hydrogen-bond donors (Lipinski definition) is 1. The van der Waals surface area contributed by atoms with Crippen molar-refractivity contribution in [2.45, 2.75) is 71.4 Å². The lowest BCUT2D eigenvalue weighted by Crippen LogP contribution is -2.52. The maximum atomic E-state index is 3.55. The SMILES string of the molecule is CCCCN(CC)C1CC(CC)CCC1NC. The monoisotopic (exact) mass is 240 g/mol. The molecule has 0 saturated heterocycles. The molecule has 0 aromatic rings. The van der Waals surface area contributed by atoms with E-state index in [0.717, 1.165) is 18.0 Å². The summed E-state index contributed by atoms with van der Waals surface area (Å²) in [5, 5.41) is 3.55. The molecule has 1 rings (SSSR count). The molecule has 0 radical (unpaired) electrons. The first kappa shape index (κ1) is 15.0. The molecule has 0 aliphatic heterocycles. The van der Waals surface area contributed by atoms with E-state index >= 15 is 0 Å². The smallest absolute Gasteiger partial charge is 0.0251 e. The number of nitrogens with zero attached hydrogens (tertiary/aromatic N) is 1. The molecule has 2 heteroatoms. The third kappa shape index (κ3) is 4.26. The number of unbranched alkanes of at least 4 members (excludes halogenated alkanes) is 1. The number of rotatable bonds is 7. The Morgan fingerprint density at radius 2 is 1.94 bits per heavy atom. The van der Waals surface area contributed by atoms with Crippen molar-refractivity contribution in [1.82, 2.24) is 10.2 Å². The van der Waals surface area contributed by atoms with Crippen LogP contribution in [0.2, 0.25) is 0 Å². The molecule has 1 aliphatic rings. The molecule has 0 bridgehead atoms. The van der Waals surface area contributed by atoms with Gasteiger partial charge in [0.15, 0.2) is 0 Å². The summed E-state index contributed by atoms with van der Waals surface area (Å²) in [6.07, 6.45) is 8.20. The standard InChI is InChI=1S/C15H32N2/c1-5-8-11-17(7-3)15-12-13(6-2)9-10-14(15)16-4/h13-16H,5-12H2,1-4H3. The summed E-state index contributed by atoms with van der Waals surface area (Å²) >= 11 is 0. The summed E-state index contributed by atoms with van der Waals surface area (Å²) < 4.78 is 0. The minimum Gasteiger partial charge on any atom is -0.315 e. The van der Waals surface area contributed by atoms with E-state index < -0.39 is 0 Å². The van der Waals surface area contributed by atoms with Gasteiger partial charge in [0.05, 0.1) is 0 Å². The first-order valence-corrected chi connectivity index (χ1v) is 7.68. The van der Waals surface area contributed by atoms with Gasteiger partial charge in [-0.3, -0.25) is 4.90 Å². The third-order valence-corrected chi connectivity index (χ3v) is 4.55. The van der Waals surface area contributed by atoms with Crippen molar-refractivity contribution in [2.24, 2.45) is 5.92 Å². The van der Waals surface area contributed by atoms with Crippen LogP contribution in [0.5, 0.6) is 0 Å². The summed E-state index contributed by atoms with van der Waals surface area (Å²) in [5.41, 5.74) is 0. The van der Waals surface area contributed by atoms with Gasteiger partial charge in [-0.15, -0.1) is 0 Å². The zero-order valence-electron chi connectivity index (χ0n) is 12.3. The predicted molar refractivity (Wildman–Crippen MR) is 76.4 cm³/mol. The van der Waals surface area contributed by atoms with Crippen LogP contribution in [0, 0.1) is 5.92 Å². The van der Waals surface area contributed by atoms with Crippen molar-refractivity contribution in [1.29, 1.82) is 0 Å². The Morgan fingerprint density at radius 3 is 2.47 bits per heavy atom. The third-order valence-electron chi connectivity index (χ3n) is 4.55. The number of nitrogens with one attached hydrogen (secondary N) is 1. The minimum absolute atomic E-state index is 0.717. The average Bonchev–Trinajstić information content (AvgIpc) is 2.39. The fraction of sp³-hybridized carbons (Fsp3) is 1.00. The molecule has 0 spiro atoms. The van der Waals surface area contributed by atoms with E-state index in [2.05, 4.69) is 38.0 Å². The Balaban J connectivity index is 2.59. The molecule has 17 heavy (non-hydrogen) atoms. The van der Waals surface area contributed by atoms with Gasteiger partial charge in [0.2, 0.25) is 0 Å². The minimum atomic E-state index is 0.717. The predicted octanol–water partition coefficient (Wildman–Crippen LogP) is 3.28. The first-order valence-electron chi connectivity index (χ1n) is 7.68. The summed E-state index contributed by atoms with van der Waals surface area (Å²) in [7, 11) is 2.14. The zero-order valence-corrected chi connectivity index (χ0v) is 12.3. The van der Waals surface area contributed by atoms with E-state index in [1.807, 2.05) is 0 Å². The largest absolute Gasteiger partial charge is 0.315 e. The highest BCUT2D eigenvalue weighted by atomic mass is 15.2. The van der Waals surface area contributed by atoms with E-state index in [9.17, 15) is 0 Å². The molecular weight excluding hydrogens is 208 g/mol. The van der Waals surface area contributed by atoms with Crippen molar-refractivity contribution in [3.05, 3.63) is 0 Å². The molecule has 0 aromatic heterocycles. The van der Waals surface area contributed by atoms with Crippen molar-refractivity contribution in [3.8, 4) is 0 Å². The summed E-state index contributed by atoms with van der Waals surface area (Å²) in [5.74, 6) is 0.959. The van der Waals surface area contributed by atoms with Gasteiger partial charge in [-0.25, -0.2) is 0 Å². The lowest BCUT2D eigenvalue weighted by molar-refractivity contribution is 0.102. The van der Waals surface area contributed by atoms with E-state index in [1.54, 1.807) is 0 Å². The van der Waals surface area contributed by atoms with Gasteiger partial charge in [0.25, 0.3) is 0 Å². The van der Waals surface area contributed by atoms with Crippen LogP contribution in [0.15, 0.2) is 0 Å². The molecule has 0 heterocycles. The Hall–Kier alpha value is -0.0800. The fourth-order valence-corrected chi connectivity index (χ4v) is 3.26. The summed E-state index contributed by atoms with van der Waals surface area (Å²) in [6, 6.07) is 1.49. The molecule has 102 valence electrons. The molecular formula is C15H32N2. The lowest BCUT2D eigenvalue weighted by Gasteiger charge is -2.42. The second-order valence-electron chi connectivity index (χ2n) is 5.53. The Kier molecular flexibility index (Phi) is 7.14. The first-order chi connectivity index (χ1) is 8.26. The molecule has 1 aliphatic carbocycles. The molecule has 3 unspecified atom stereocenters. The zero-order chi connectivity index (χ0) is 12.7. The van der Waals surface area contributed by atoms with Gasteiger partial charge in [-0.05, 0) is 51.7 Å². The van der Waals surface area contributed by atoms with Crippen LogP contribution in [-0.2, 0) is 0 Å². The van der Waals surface area contributed by atoms with Gasteiger partial charge in [-0.2, -0.15) is 0 Å². The van der Waals surface area contributed by atoms with Gasteiger partial charge in [0.1, 0.15) is 0 Å². The summed E-state index contributed by atoms with van der Waals surface area (Å²) in [6.45, 7) is 9.45. The Morgan fingerprint density at radius 1 is 1.18 bits per heavy atom. The van der Waals surface area contributed by atoms with Crippen LogP contribution < -0.4 is 5.32 Å². The van der Waals surface area contributed by atoms with Crippen LogP contribution in [0.25, 0.3) is 0 Å². The second kappa shape index (κ2) is 8.10. The van der Waals surface area contributed by atoms with Crippen molar-refractivity contribution in [2.75, 3.05) is 20.1 Å². The molecule has 1 saturated carbocycles. The highest BCUT2D eigenvalue weighted by Crippen LogP contribution is 2.30. The maximum Gasteiger partial charge on any atom is 0.0251 e. The molecule has 0 amide bonds. The van der Waals surface area contributed by atoms with Crippen LogP contribution in [0.3, 0.4) is 0 Å². The molecule has 2 nitrogen and oxygen atoms in total. The van der Waals surface area contributed by atoms with Crippen molar-refractivity contribution >= 4 is 0 Å². The topological polar surface area (TPSA) is 15.3 Å². The lowest BCUT2D eigenvalue weighted by atomic mass is 9.80. The van der Waals surface area contributed by atoms with Crippen LogP contribution in [0.1, 0.15) is 59.3 Å². The highest BCUT2D eigenvalue weighted by Gasteiger charge is 2.31. The number of likely N-dealkylation sites (N-methyl/N-ethyl adjacent to an activating group) is 2. The summed E-state index contributed by atoms with van der Waals surface area (Å²) in [4.78, 5) is 2.71. The quantitative estimate of drug-likeness (QED) is 0.735. The fourth-order valence-electron chi connectivity index (χ4n) is 3.26. The van der Waals surface area contributed by atoms with Gasteiger partial charge >= 0.3 is 0 Å². The van der Waals surface area contributed by atoms with Crippen LogP contribution >= 0.6 is 0 Å². The molecule has 1 fully saturated rings. The van der Waals surface area contributed by atoms with Gasteiger partial charge in [0, 0.05) is 12.1 Å². The average molecular weight is 240 g/mol. The van der Waals surface area contributed by atoms with Crippen molar-refractivity contribution in [3.63, 3.8) is 0 Å². The maximum absolute atomic E-state index is 3.55. The Bertz CT molecular complexity index is 193. The second-order valence-corrected chi connectivity index (χ2v) is 5.53. The van der Waals surface area contributed by atoms with Crippen LogP contribution in [-0.4, -0.2) is 37.1 Å². The van der Waals surface area contributed by atoms with Gasteiger partial charge < -0.3 is 5.32 Å². The van der Waals surface area contributed by atoms with E-state index in [4.69, 9.17) is 0 Å². The number of hydrogen-bond acceptors (Lipinski definition) is 2. The highest BCUT2D eigenvalue weighted by molar-refractivity contribution is 4.90. The van der Waals surface area contributed by atoms with E-state index in [0.29, 0.717) is 0 Å². The molecule has 3 atom stereocenters. The molecule has 1 N–H and O–H groups in total. The van der Waals surface area contributed by atoms with E-state index in [1.165, 1.54) is 51.6 Å². The van der Waals surface area contributed by atoms with Crippen LogP contribution in [0.4, 0.5) is 0 Å². The van der Waals surface area contributed by atoms with E-state index in [-0.39, 0.29) is 0 Å². The van der Waals surface area contributed by atoms with Gasteiger partial charge in [-0.1, -0.05) is 33.6 Å².